The van der Waals surface area contributed by atoms with Gasteiger partial charge in [0.2, 0.25) is 10.0 Å². The van der Waals surface area contributed by atoms with Gasteiger partial charge in [0.05, 0.1) is 30.4 Å². The number of hydrogen-bond acceptors (Lipinski definition) is 4. The minimum Gasteiger partial charge on any atom is -0.315 e. The summed E-state index contributed by atoms with van der Waals surface area (Å²) in [7, 11) is -3.54. The number of nitrogens with zero attached hydrogens (tertiary/aromatic N) is 3. The van der Waals surface area contributed by atoms with Crippen LogP contribution in [0.1, 0.15) is 32.9 Å². The molecule has 9 heteroatoms. The van der Waals surface area contributed by atoms with Crippen LogP contribution in [0.5, 0.6) is 0 Å². The monoisotopic (exact) mass is 518 g/mol. The van der Waals surface area contributed by atoms with Crippen LogP contribution in [-0.2, 0) is 16.6 Å². The highest BCUT2D eigenvalue weighted by atomic mass is 32.2. The molecule has 190 valence electrons. The van der Waals surface area contributed by atoms with Gasteiger partial charge in [-0.2, -0.15) is 5.10 Å². The summed E-state index contributed by atoms with van der Waals surface area (Å²) >= 11 is 0. The van der Waals surface area contributed by atoms with Gasteiger partial charge in [-0.15, -0.1) is 0 Å². The van der Waals surface area contributed by atoms with E-state index in [1.165, 1.54) is 16.6 Å². The lowest BCUT2D eigenvalue weighted by Crippen LogP contribution is -2.29. The van der Waals surface area contributed by atoms with Crippen molar-refractivity contribution in [2.24, 2.45) is 5.10 Å². The van der Waals surface area contributed by atoms with Gasteiger partial charge in [0.15, 0.2) is 0 Å². The number of carbonyl (C=O) groups excluding carboxylic acids is 1. The van der Waals surface area contributed by atoms with E-state index in [1.54, 1.807) is 47.0 Å². The molecule has 4 aromatic rings. The highest BCUT2D eigenvalue weighted by molar-refractivity contribution is 7.92. The number of sulfonamides is 1. The Kier molecular flexibility index (Phi) is 7.54. The number of hydrogen-bond donors (Lipinski definition) is 1. The Morgan fingerprint density at radius 1 is 1.00 bits per heavy atom. The van der Waals surface area contributed by atoms with Gasteiger partial charge in [-0.3, -0.25) is 9.10 Å². The largest absolute Gasteiger partial charge is 0.315 e. The summed E-state index contributed by atoms with van der Waals surface area (Å²) in [6.07, 6.45) is 2.66. The zero-order chi connectivity index (χ0) is 26.6. The quantitative estimate of drug-likeness (QED) is 0.264. The second-order valence-corrected chi connectivity index (χ2v) is 10.5. The van der Waals surface area contributed by atoms with E-state index in [9.17, 15) is 17.6 Å². The molecule has 0 unspecified atom stereocenters. The van der Waals surface area contributed by atoms with Crippen molar-refractivity contribution < 1.29 is 17.6 Å². The number of nitrogens with one attached hydrogen (secondary N) is 1. The number of aromatic nitrogens is 1. The van der Waals surface area contributed by atoms with Crippen molar-refractivity contribution >= 4 is 27.8 Å². The molecule has 7 nitrogen and oxygen atoms in total. The smallest absolute Gasteiger partial charge is 0.271 e. The molecule has 0 aliphatic carbocycles. The van der Waals surface area contributed by atoms with Crippen molar-refractivity contribution in [2.75, 3.05) is 10.6 Å². The summed E-state index contributed by atoms with van der Waals surface area (Å²) in [5.74, 6) is -0.776. The van der Waals surface area contributed by atoms with E-state index in [1.807, 2.05) is 50.2 Å². The summed E-state index contributed by atoms with van der Waals surface area (Å²) in [4.78, 5) is 12.6. The maximum absolute atomic E-state index is 14.3. The predicted octanol–water partition coefficient (Wildman–Crippen LogP) is 4.96. The lowest BCUT2D eigenvalue weighted by atomic mass is 10.2. The number of aryl methyl sites for hydroxylation is 1. The van der Waals surface area contributed by atoms with Gasteiger partial charge in [0.1, 0.15) is 5.82 Å². The third-order valence-corrected chi connectivity index (χ3v) is 7.06. The minimum atomic E-state index is -3.54. The highest BCUT2D eigenvalue weighted by Crippen LogP contribution is 2.23. The summed E-state index contributed by atoms with van der Waals surface area (Å²) in [5, 5.41) is 4.06. The molecule has 1 heterocycles. The Morgan fingerprint density at radius 2 is 1.65 bits per heavy atom. The number of carbonyl (C=O) groups is 1. The topological polar surface area (TPSA) is 83.8 Å². The van der Waals surface area contributed by atoms with Crippen LogP contribution in [0.25, 0.3) is 5.69 Å². The molecule has 0 radical (unpaired) electrons. The number of amides is 1. The van der Waals surface area contributed by atoms with Crippen molar-refractivity contribution in [2.45, 2.75) is 20.4 Å². The number of benzene rings is 3. The number of para-hydroxylation sites is 1. The molecule has 0 bridgehead atoms. The number of anilines is 1. The number of hydrazone groups is 1. The van der Waals surface area contributed by atoms with Crippen molar-refractivity contribution in [3.8, 4) is 5.69 Å². The van der Waals surface area contributed by atoms with Gasteiger partial charge in [-0.1, -0.05) is 42.5 Å². The fraction of sp³-hybridized carbons (Fsp3) is 0.143. The molecule has 4 rings (SSSR count). The minimum absolute atomic E-state index is 0.181. The van der Waals surface area contributed by atoms with Gasteiger partial charge in [0.25, 0.3) is 5.91 Å². The number of rotatable bonds is 8. The lowest BCUT2D eigenvalue weighted by Gasteiger charge is -2.22. The molecule has 0 saturated heterocycles. The first kappa shape index (κ1) is 25.8. The van der Waals surface area contributed by atoms with Crippen molar-refractivity contribution in [1.29, 1.82) is 0 Å². The predicted molar refractivity (Wildman–Crippen MR) is 144 cm³/mol. The Labute approximate surface area is 215 Å². The Hall–Kier alpha value is -4.24. The van der Waals surface area contributed by atoms with Crippen LogP contribution in [0.3, 0.4) is 0 Å². The van der Waals surface area contributed by atoms with Gasteiger partial charge in [0, 0.05) is 22.5 Å². The number of halogens is 1. The molecule has 0 saturated carbocycles. The molecule has 1 N–H and O–H groups in total. The van der Waals surface area contributed by atoms with Gasteiger partial charge in [-0.05, 0) is 61.9 Å². The summed E-state index contributed by atoms with van der Waals surface area (Å²) in [5.41, 5.74) is 6.90. The highest BCUT2D eigenvalue weighted by Gasteiger charge is 2.18. The maximum atomic E-state index is 14.3. The fourth-order valence-corrected chi connectivity index (χ4v) is 4.96. The van der Waals surface area contributed by atoms with Crippen molar-refractivity contribution in [1.82, 2.24) is 9.99 Å². The molecule has 37 heavy (non-hydrogen) atoms. The van der Waals surface area contributed by atoms with Crippen LogP contribution in [0, 0.1) is 19.7 Å². The SMILES string of the molecule is Cc1cc(/C=N\NC(=O)c2ccc(N(Cc3ccccc3)S(C)(=O)=O)cc2)c(C)n1-c1ccccc1F. The zero-order valence-corrected chi connectivity index (χ0v) is 21.5. The van der Waals surface area contributed by atoms with E-state index in [0.29, 0.717) is 16.9 Å². The first-order valence-corrected chi connectivity index (χ1v) is 13.4. The average Bonchev–Trinajstić information content (AvgIpc) is 3.15. The summed E-state index contributed by atoms with van der Waals surface area (Å²) in [6, 6.07) is 23.9. The van der Waals surface area contributed by atoms with Crippen LogP contribution in [0.2, 0.25) is 0 Å². The van der Waals surface area contributed by atoms with E-state index in [4.69, 9.17) is 0 Å². The van der Waals surface area contributed by atoms with Crippen molar-refractivity contribution in [3.05, 3.63) is 119 Å². The molecule has 0 aliphatic rings. The Bertz CT molecular complexity index is 1550. The molecule has 0 spiro atoms. The van der Waals surface area contributed by atoms with Gasteiger partial charge < -0.3 is 4.57 Å². The second-order valence-electron chi connectivity index (χ2n) is 8.61. The molecule has 1 aromatic heterocycles. The van der Waals surface area contributed by atoms with Crippen LogP contribution in [0.15, 0.2) is 90.0 Å². The van der Waals surface area contributed by atoms with Gasteiger partial charge in [-0.25, -0.2) is 18.2 Å². The van der Waals surface area contributed by atoms with Crippen molar-refractivity contribution in [3.63, 3.8) is 0 Å². The zero-order valence-electron chi connectivity index (χ0n) is 20.7. The van der Waals surface area contributed by atoms with Crippen LogP contribution in [0.4, 0.5) is 10.1 Å². The van der Waals surface area contributed by atoms with E-state index >= 15 is 0 Å². The van der Waals surface area contributed by atoms with E-state index in [-0.39, 0.29) is 12.4 Å². The molecule has 3 aromatic carbocycles. The third-order valence-electron chi connectivity index (χ3n) is 5.92. The molecule has 0 atom stereocenters. The Balaban J connectivity index is 1.47. The summed E-state index contributed by atoms with van der Waals surface area (Å²) < 4.78 is 42.2. The van der Waals surface area contributed by atoms with Crippen LogP contribution >= 0.6 is 0 Å². The maximum Gasteiger partial charge on any atom is 0.271 e. The summed E-state index contributed by atoms with van der Waals surface area (Å²) in [6.45, 7) is 3.90. The van der Waals surface area contributed by atoms with Crippen LogP contribution < -0.4 is 9.73 Å². The first-order chi connectivity index (χ1) is 17.6. The molecule has 0 aliphatic heterocycles. The fourth-order valence-electron chi connectivity index (χ4n) is 4.08. The van der Waals surface area contributed by atoms with E-state index < -0.39 is 15.9 Å². The standard InChI is InChI=1S/C28H27FN4O3S/c1-20-17-24(21(2)33(20)27-12-8-7-11-26(27)29)18-30-31-28(34)23-13-15-25(16-14-23)32(37(3,35)36)19-22-9-5-4-6-10-22/h4-18H,19H2,1-3H3,(H,31,34)/b30-18-. The lowest BCUT2D eigenvalue weighted by molar-refractivity contribution is 0.0955. The average molecular weight is 519 g/mol. The second kappa shape index (κ2) is 10.8. The molecule has 0 fully saturated rings. The molecular formula is C28H27FN4O3S. The van der Waals surface area contributed by atoms with E-state index in [0.717, 1.165) is 28.8 Å². The third kappa shape index (κ3) is 5.95. The first-order valence-electron chi connectivity index (χ1n) is 11.5. The van der Waals surface area contributed by atoms with E-state index in [2.05, 4.69) is 10.5 Å². The Morgan fingerprint density at radius 3 is 2.30 bits per heavy atom. The molecule has 1 amide bonds. The molecular weight excluding hydrogens is 491 g/mol. The van der Waals surface area contributed by atoms with Gasteiger partial charge >= 0.3 is 0 Å². The van der Waals surface area contributed by atoms with Crippen LogP contribution in [-0.4, -0.2) is 31.4 Å². The normalized spacial score (nSPS) is 11.6.